The van der Waals surface area contributed by atoms with E-state index >= 15 is 0 Å². The zero-order valence-electron chi connectivity index (χ0n) is 10.8. The van der Waals surface area contributed by atoms with Crippen molar-refractivity contribution >= 4 is 16.5 Å². The fraction of sp³-hybridized carbons (Fsp3) is 0.333. The zero-order chi connectivity index (χ0) is 13.4. The van der Waals surface area contributed by atoms with Crippen molar-refractivity contribution in [2.75, 3.05) is 5.73 Å². The highest BCUT2D eigenvalue weighted by atomic mass is 19.1. The Labute approximate surface area is 106 Å². The Kier molecular flexibility index (Phi) is 3.24. The lowest BCUT2D eigenvalue weighted by atomic mass is 9.90. The predicted octanol–water partition coefficient (Wildman–Crippen LogP) is 4.39. The molecule has 0 amide bonds. The van der Waals surface area contributed by atoms with Crippen LogP contribution in [0.3, 0.4) is 0 Å². The van der Waals surface area contributed by atoms with E-state index in [9.17, 15) is 8.78 Å². The first-order valence-corrected chi connectivity index (χ1v) is 6.15. The largest absolute Gasteiger partial charge is 0.399 e. The van der Waals surface area contributed by atoms with E-state index in [0.717, 1.165) is 11.6 Å². The van der Waals surface area contributed by atoms with Crippen LogP contribution in [0.25, 0.3) is 10.8 Å². The van der Waals surface area contributed by atoms with Gasteiger partial charge in [-0.25, -0.2) is 8.78 Å². The van der Waals surface area contributed by atoms with Crippen molar-refractivity contribution in [3.63, 3.8) is 0 Å². The van der Waals surface area contributed by atoms with Gasteiger partial charge >= 0.3 is 0 Å². The van der Waals surface area contributed by atoms with Gasteiger partial charge in [0.15, 0.2) is 0 Å². The highest BCUT2D eigenvalue weighted by Gasteiger charge is 2.16. The molecule has 0 saturated carbocycles. The summed E-state index contributed by atoms with van der Waals surface area (Å²) in [5.74, 6) is -0.856. The molecule has 0 bridgehead atoms. The van der Waals surface area contributed by atoms with Crippen LogP contribution < -0.4 is 5.73 Å². The van der Waals surface area contributed by atoms with Gasteiger partial charge in [-0.3, -0.25) is 0 Å². The van der Waals surface area contributed by atoms with Gasteiger partial charge in [-0.2, -0.15) is 0 Å². The van der Waals surface area contributed by atoms with Crippen LogP contribution in [-0.4, -0.2) is 0 Å². The molecule has 0 aliphatic carbocycles. The van der Waals surface area contributed by atoms with Crippen LogP contribution in [0.4, 0.5) is 14.5 Å². The van der Waals surface area contributed by atoms with Gasteiger partial charge in [0.25, 0.3) is 0 Å². The zero-order valence-corrected chi connectivity index (χ0v) is 10.8. The molecule has 0 aliphatic heterocycles. The summed E-state index contributed by atoms with van der Waals surface area (Å²) in [4.78, 5) is 0. The third-order valence-electron chi connectivity index (χ3n) is 3.27. The SMILES string of the molecule is CCc1c(F)cc(F)c2cc(N)cc(C(C)C)c12. The van der Waals surface area contributed by atoms with E-state index < -0.39 is 11.6 Å². The van der Waals surface area contributed by atoms with E-state index in [1.165, 1.54) is 0 Å². The highest BCUT2D eigenvalue weighted by molar-refractivity contribution is 5.92. The second-order valence-corrected chi connectivity index (χ2v) is 4.86. The quantitative estimate of drug-likeness (QED) is 0.785. The number of anilines is 1. The normalized spacial score (nSPS) is 11.4. The Balaban J connectivity index is 2.99. The highest BCUT2D eigenvalue weighted by Crippen LogP contribution is 2.34. The molecule has 96 valence electrons. The van der Waals surface area contributed by atoms with Crippen molar-refractivity contribution in [3.05, 3.63) is 41.0 Å². The first kappa shape index (κ1) is 12.8. The van der Waals surface area contributed by atoms with Crippen LogP contribution >= 0.6 is 0 Å². The van der Waals surface area contributed by atoms with Gasteiger partial charge in [-0.05, 0) is 41.0 Å². The van der Waals surface area contributed by atoms with Crippen LogP contribution in [-0.2, 0) is 6.42 Å². The summed E-state index contributed by atoms with van der Waals surface area (Å²) in [6, 6.07) is 4.34. The molecular weight excluding hydrogens is 232 g/mol. The Morgan fingerprint density at radius 2 is 1.78 bits per heavy atom. The molecule has 0 aliphatic rings. The summed E-state index contributed by atoms with van der Waals surface area (Å²) in [5, 5.41) is 1.09. The fourth-order valence-electron chi connectivity index (χ4n) is 2.41. The number of fused-ring (bicyclic) bond motifs is 1. The smallest absolute Gasteiger partial charge is 0.134 e. The first-order chi connectivity index (χ1) is 8.45. The molecule has 0 unspecified atom stereocenters. The fourth-order valence-corrected chi connectivity index (χ4v) is 2.41. The number of nitrogens with two attached hydrogens (primary N) is 1. The van der Waals surface area contributed by atoms with Gasteiger partial charge in [0.1, 0.15) is 11.6 Å². The molecule has 3 heteroatoms. The number of halogens is 2. The summed E-state index contributed by atoms with van der Waals surface area (Å²) in [5.41, 5.74) is 7.78. The summed E-state index contributed by atoms with van der Waals surface area (Å²) in [6.45, 7) is 5.86. The minimum Gasteiger partial charge on any atom is -0.399 e. The Morgan fingerprint density at radius 1 is 1.11 bits per heavy atom. The van der Waals surface area contributed by atoms with E-state index in [1.807, 2.05) is 26.8 Å². The molecule has 0 saturated heterocycles. The lowest BCUT2D eigenvalue weighted by molar-refractivity contribution is 0.582. The summed E-state index contributed by atoms with van der Waals surface area (Å²) in [6.07, 6.45) is 0.534. The third kappa shape index (κ3) is 1.94. The molecule has 0 radical (unpaired) electrons. The Bertz CT molecular complexity index is 603. The maximum Gasteiger partial charge on any atom is 0.134 e. The molecule has 0 heterocycles. The Hall–Kier alpha value is -1.64. The second kappa shape index (κ2) is 4.56. The van der Waals surface area contributed by atoms with Crippen LogP contribution in [0, 0.1) is 11.6 Å². The molecule has 2 N–H and O–H groups in total. The second-order valence-electron chi connectivity index (χ2n) is 4.86. The minimum absolute atomic E-state index is 0.169. The van der Waals surface area contributed by atoms with Crippen LogP contribution in [0.5, 0.6) is 0 Å². The van der Waals surface area contributed by atoms with Crippen molar-refractivity contribution in [2.24, 2.45) is 0 Å². The molecule has 2 aromatic carbocycles. The summed E-state index contributed by atoms with van der Waals surface area (Å²) in [7, 11) is 0. The molecule has 2 rings (SSSR count). The van der Waals surface area contributed by atoms with Gasteiger partial charge in [-0.15, -0.1) is 0 Å². The maximum atomic E-state index is 13.9. The van der Waals surface area contributed by atoms with E-state index in [0.29, 0.717) is 28.4 Å². The van der Waals surface area contributed by atoms with Gasteiger partial charge in [0.05, 0.1) is 0 Å². The molecule has 1 nitrogen and oxygen atoms in total. The van der Waals surface area contributed by atoms with Gasteiger partial charge in [-0.1, -0.05) is 20.8 Å². The average Bonchev–Trinajstić information content (AvgIpc) is 2.29. The van der Waals surface area contributed by atoms with Crippen molar-refractivity contribution in [1.82, 2.24) is 0 Å². The lowest BCUT2D eigenvalue weighted by Gasteiger charge is -2.16. The number of hydrogen-bond donors (Lipinski definition) is 1. The molecule has 2 aromatic rings. The van der Waals surface area contributed by atoms with E-state index in [1.54, 1.807) is 6.07 Å². The van der Waals surface area contributed by atoms with Gasteiger partial charge < -0.3 is 5.73 Å². The van der Waals surface area contributed by atoms with Crippen LogP contribution in [0.1, 0.15) is 37.8 Å². The maximum absolute atomic E-state index is 13.9. The first-order valence-electron chi connectivity index (χ1n) is 6.15. The predicted molar refractivity (Wildman–Crippen MR) is 71.7 cm³/mol. The lowest BCUT2D eigenvalue weighted by Crippen LogP contribution is -2.01. The summed E-state index contributed by atoms with van der Waals surface area (Å²) < 4.78 is 27.7. The average molecular weight is 249 g/mol. The van der Waals surface area contributed by atoms with Gasteiger partial charge in [0.2, 0.25) is 0 Å². The van der Waals surface area contributed by atoms with Crippen molar-refractivity contribution < 1.29 is 8.78 Å². The van der Waals surface area contributed by atoms with Crippen LogP contribution in [0.15, 0.2) is 18.2 Å². The van der Waals surface area contributed by atoms with E-state index in [4.69, 9.17) is 5.73 Å². The third-order valence-corrected chi connectivity index (χ3v) is 3.27. The molecule has 0 spiro atoms. The van der Waals surface area contributed by atoms with Crippen molar-refractivity contribution in [1.29, 1.82) is 0 Å². The van der Waals surface area contributed by atoms with E-state index in [2.05, 4.69) is 0 Å². The Morgan fingerprint density at radius 3 is 2.33 bits per heavy atom. The van der Waals surface area contributed by atoms with E-state index in [-0.39, 0.29) is 5.92 Å². The minimum atomic E-state index is -0.547. The monoisotopic (exact) mass is 249 g/mol. The number of rotatable bonds is 2. The molecule has 0 aromatic heterocycles. The van der Waals surface area contributed by atoms with Gasteiger partial charge in [0, 0.05) is 17.1 Å². The van der Waals surface area contributed by atoms with Crippen molar-refractivity contribution in [2.45, 2.75) is 33.1 Å². The number of aryl methyl sites for hydroxylation is 1. The molecular formula is C15H17F2N. The number of benzene rings is 2. The van der Waals surface area contributed by atoms with Crippen molar-refractivity contribution in [3.8, 4) is 0 Å². The number of hydrogen-bond acceptors (Lipinski definition) is 1. The molecule has 0 atom stereocenters. The number of nitrogen functional groups attached to an aromatic ring is 1. The topological polar surface area (TPSA) is 26.0 Å². The summed E-state index contributed by atoms with van der Waals surface area (Å²) >= 11 is 0. The molecule has 0 fully saturated rings. The standard InChI is InChI=1S/C15H17F2N/c1-4-10-13(16)7-14(17)12-6-9(18)5-11(8(2)3)15(10)12/h5-8H,4,18H2,1-3H3. The van der Waals surface area contributed by atoms with Crippen LogP contribution in [0.2, 0.25) is 0 Å². The molecule has 18 heavy (non-hydrogen) atoms.